The van der Waals surface area contributed by atoms with Crippen LogP contribution in [0.15, 0.2) is 12.1 Å². The van der Waals surface area contributed by atoms with Gasteiger partial charge in [-0.05, 0) is 49.8 Å². The van der Waals surface area contributed by atoms with Gasteiger partial charge in [0.2, 0.25) is 0 Å². The Morgan fingerprint density at radius 3 is 2.71 bits per heavy atom. The van der Waals surface area contributed by atoms with E-state index in [1.807, 2.05) is 0 Å². The molecule has 1 aliphatic rings. The monoisotopic (exact) mass is 315 g/mol. The van der Waals surface area contributed by atoms with E-state index in [9.17, 15) is 8.78 Å². The van der Waals surface area contributed by atoms with Crippen molar-refractivity contribution in [3.05, 3.63) is 34.4 Å². The van der Waals surface area contributed by atoms with Crippen LogP contribution in [0.1, 0.15) is 57.6 Å². The summed E-state index contributed by atoms with van der Waals surface area (Å²) in [5, 5.41) is 3.26. The predicted molar refractivity (Wildman–Crippen MR) is 83.5 cm³/mol. The predicted octanol–water partition coefficient (Wildman–Crippen LogP) is 5.49. The molecule has 0 bridgehead atoms. The molecule has 118 valence electrons. The maximum atomic E-state index is 14.3. The van der Waals surface area contributed by atoms with Crippen molar-refractivity contribution in [1.82, 2.24) is 5.32 Å². The van der Waals surface area contributed by atoms with Crippen LogP contribution >= 0.6 is 11.6 Å². The zero-order valence-corrected chi connectivity index (χ0v) is 13.5. The fraction of sp³-hybridized carbons (Fsp3) is 0.647. The van der Waals surface area contributed by atoms with E-state index in [4.69, 9.17) is 11.6 Å². The quantitative estimate of drug-likeness (QED) is 0.709. The van der Waals surface area contributed by atoms with Crippen LogP contribution in [0.5, 0.6) is 0 Å². The summed E-state index contributed by atoms with van der Waals surface area (Å²) in [6, 6.07) is 2.24. The van der Waals surface area contributed by atoms with Crippen molar-refractivity contribution < 1.29 is 8.78 Å². The molecule has 21 heavy (non-hydrogen) atoms. The maximum absolute atomic E-state index is 14.3. The molecule has 0 spiro atoms. The second kappa shape index (κ2) is 7.55. The van der Waals surface area contributed by atoms with Gasteiger partial charge in [0.15, 0.2) is 0 Å². The van der Waals surface area contributed by atoms with E-state index in [0.717, 1.165) is 38.3 Å². The fourth-order valence-corrected chi connectivity index (χ4v) is 3.54. The number of nitrogens with one attached hydrogen (secondary N) is 1. The van der Waals surface area contributed by atoms with E-state index in [-0.39, 0.29) is 11.1 Å². The molecule has 4 heteroatoms. The average molecular weight is 316 g/mol. The van der Waals surface area contributed by atoms with Gasteiger partial charge in [-0.15, -0.1) is 0 Å². The lowest BCUT2D eigenvalue weighted by atomic mass is 9.76. The third kappa shape index (κ3) is 4.17. The molecule has 1 saturated carbocycles. The van der Waals surface area contributed by atoms with Crippen LogP contribution < -0.4 is 5.32 Å². The van der Waals surface area contributed by atoms with Crippen LogP contribution in [0.25, 0.3) is 0 Å². The van der Waals surface area contributed by atoms with E-state index in [2.05, 4.69) is 19.2 Å². The van der Waals surface area contributed by atoms with Crippen LogP contribution in [-0.2, 0) is 0 Å². The van der Waals surface area contributed by atoms with E-state index < -0.39 is 11.6 Å². The summed E-state index contributed by atoms with van der Waals surface area (Å²) < 4.78 is 28.0. The molecule has 3 atom stereocenters. The molecule has 1 N–H and O–H groups in total. The van der Waals surface area contributed by atoms with Crippen LogP contribution in [-0.4, -0.2) is 6.54 Å². The van der Waals surface area contributed by atoms with Gasteiger partial charge in [0.05, 0.1) is 5.02 Å². The summed E-state index contributed by atoms with van der Waals surface area (Å²) in [7, 11) is 0. The van der Waals surface area contributed by atoms with Crippen LogP contribution in [0.4, 0.5) is 8.78 Å². The highest BCUT2D eigenvalue weighted by molar-refractivity contribution is 6.30. The zero-order chi connectivity index (χ0) is 15.4. The number of hydrogen-bond acceptors (Lipinski definition) is 1. The molecule has 1 nitrogen and oxygen atoms in total. The normalized spacial score (nSPS) is 24.0. The van der Waals surface area contributed by atoms with Crippen molar-refractivity contribution in [1.29, 1.82) is 0 Å². The summed E-state index contributed by atoms with van der Waals surface area (Å²) in [6.45, 7) is 5.12. The van der Waals surface area contributed by atoms with E-state index in [0.29, 0.717) is 17.4 Å². The van der Waals surface area contributed by atoms with Crippen LogP contribution in [0, 0.1) is 23.5 Å². The van der Waals surface area contributed by atoms with Crippen molar-refractivity contribution in [3.63, 3.8) is 0 Å². The highest BCUT2D eigenvalue weighted by Crippen LogP contribution is 2.38. The highest BCUT2D eigenvalue weighted by atomic mass is 35.5. The molecule has 0 aromatic heterocycles. The first-order valence-corrected chi connectivity index (χ1v) is 8.28. The number of rotatable bonds is 5. The first kappa shape index (κ1) is 16.7. The second-order valence-corrected chi connectivity index (χ2v) is 6.66. The lowest BCUT2D eigenvalue weighted by Gasteiger charge is -2.34. The van der Waals surface area contributed by atoms with Crippen molar-refractivity contribution in [3.8, 4) is 0 Å². The zero-order valence-electron chi connectivity index (χ0n) is 12.8. The summed E-state index contributed by atoms with van der Waals surface area (Å²) in [5.74, 6) is 0.0544. The molecule has 3 unspecified atom stereocenters. The van der Waals surface area contributed by atoms with Crippen molar-refractivity contribution >= 4 is 11.6 Å². The Morgan fingerprint density at radius 1 is 1.29 bits per heavy atom. The Kier molecular flexibility index (Phi) is 6.00. The average Bonchev–Trinajstić information content (AvgIpc) is 2.44. The molecule has 0 aliphatic heterocycles. The Morgan fingerprint density at radius 2 is 2.05 bits per heavy atom. The van der Waals surface area contributed by atoms with Gasteiger partial charge in [-0.3, -0.25) is 0 Å². The summed E-state index contributed by atoms with van der Waals surface area (Å²) in [4.78, 5) is 0. The standard InChI is InChI=1S/C17H24ClF2N/c1-3-7-21-17(12-6-4-5-11(2)8-12)13-9-16(20)14(18)10-15(13)19/h9-12,17,21H,3-8H2,1-2H3. The Hall–Kier alpha value is -0.670. The summed E-state index contributed by atoms with van der Waals surface area (Å²) in [6.07, 6.45) is 5.49. The molecular weight excluding hydrogens is 292 g/mol. The van der Waals surface area contributed by atoms with Gasteiger partial charge in [0.25, 0.3) is 0 Å². The summed E-state index contributed by atoms with van der Waals surface area (Å²) >= 11 is 5.67. The van der Waals surface area contributed by atoms with Gasteiger partial charge >= 0.3 is 0 Å². The summed E-state index contributed by atoms with van der Waals surface area (Å²) in [5.41, 5.74) is 0.421. The van der Waals surface area contributed by atoms with E-state index >= 15 is 0 Å². The van der Waals surface area contributed by atoms with Gasteiger partial charge in [-0.1, -0.05) is 38.3 Å². The Bertz CT molecular complexity index is 478. The fourth-order valence-electron chi connectivity index (χ4n) is 3.39. The van der Waals surface area contributed by atoms with Gasteiger partial charge in [0, 0.05) is 11.6 Å². The molecule has 1 fully saturated rings. The lowest BCUT2D eigenvalue weighted by molar-refractivity contribution is 0.220. The van der Waals surface area contributed by atoms with Crippen LogP contribution in [0.3, 0.4) is 0 Å². The third-order valence-electron chi connectivity index (χ3n) is 4.44. The molecule has 1 aromatic carbocycles. The molecule has 2 rings (SSSR count). The first-order valence-electron chi connectivity index (χ1n) is 7.90. The molecule has 0 saturated heterocycles. The SMILES string of the molecule is CCCNC(c1cc(F)c(Cl)cc1F)C1CCCC(C)C1. The minimum atomic E-state index is -0.541. The largest absolute Gasteiger partial charge is 0.310 e. The minimum absolute atomic E-state index is 0.125. The second-order valence-electron chi connectivity index (χ2n) is 6.25. The maximum Gasteiger partial charge on any atom is 0.142 e. The smallest absolute Gasteiger partial charge is 0.142 e. The van der Waals surface area contributed by atoms with Crippen molar-refractivity contribution in [2.45, 2.75) is 52.0 Å². The van der Waals surface area contributed by atoms with Crippen molar-refractivity contribution in [2.24, 2.45) is 11.8 Å². The molecule has 0 heterocycles. The Labute approximate surface area is 131 Å². The van der Waals surface area contributed by atoms with Gasteiger partial charge in [0.1, 0.15) is 11.6 Å². The number of hydrogen-bond donors (Lipinski definition) is 1. The van der Waals surface area contributed by atoms with Gasteiger partial charge < -0.3 is 5.32 Å². The topological polar surface area (TPSA) is 12.0 Å². The van der Waals surface area contributed by atoms with Crippen LogP contribution in [0.2, 0.25) is 5.02 Å². The molecule has 1 aromatic rings. The van der Waals surface area contributed by atoms with Gasteiger partial charge in [-0.2, -0.15) is 0 Å². The Balaban J connectivity index is 2.28. The molecular formula is C17H24ClF2N. The molecule has 0 radical (unpaired) electrons. The lowest BCUT2D eigenvalue weighted by Crippen LogP contribution is -2.32. The minimum Gasteiger partial charge on any atom is -0.310 e. The van der Waals surface area contributed by atoms with Crippen molar-refractivity contribution in [2.75, 3.05) is 6.54 Å². The first-order chi connectivity index (χ1) is 10.0. The molecule has 0 amide bonds. The van der Waals surface area contributed by atoms with E-state index in [1.165, 1.54) is 12.5 Å². The molecule has 1 aliphatic carbocycles. The van der Waals surface area contributed by atoms with E-state index in [1.54, 1.807) is 0 Å². The third-order valence-corrected chi connectivity index (χ3v) is 4.73. The number of benzene rings is 1. The highest BCUT2D eigenvalue weighted by Gasteiger charge is 2.29. The number of halogens is 3. The van der Waals surface area contributed by atoms with Gasteiger partial charge in [-0.25, -0.2) is 8.78 Å².